The van der Waals surface area contributed by atoms with Gasteiger partial charge in [-0.05, 0) is 67.5 Å². The minimum absolute atomic E-state index is 0.0298. The maximum atomic E-state index is 12.9. The zero-order chi connectivity index (χ0) is 16.7. The number of rotatable bonds is 3. The third-order valence-electron chi connectivity index (χ3n) is 4.53. The monoisotopic (exact) mass is 324 g/mol. The van der Waals surface area contributed by atoms with Gasteiger partial charge >= 0.3 is 0 Å². The van der Waals surface area contributed by atoms with Crippen molar-refractivity contribution in [3.05, 3.63) is 67.9 Å². The molecule has 118 valence electrons. The number of allylic oxidation sites excluding steroid dienone is 2. The lowest BCUT2D eigenvalue weighted by atomic mass is 9.85. The quantitative estimate of drug-likeness (QED) is 0.785. The molecule has 3 heteroatoms. The van der Waals surface area contributed by atoms with E-state index in [0.29, 0.717) is 12.0 Å². The molecule has 1 aliphatic carbocycles. The number of carbonyl (C=O) groups excluding carboxylic acids is 2. The first-order chi connectivity index (χ1) is 10.9. The van der Waals surface area contributed by atoms with Gasteiger partial charge in [0.25, 0.3) is 0 Å². The lowest BCUT2D eigenvalue weighted by Gasteiger charge is -2.16. The van der Waals surface area contributed by atoms with Gasteiger partial charge in [-0.25, -0.2) is 0 Å². The van der Waals surface area contributed by atoms with Gasteiger partial charge in [0.05, 0.1) is 0 Å². The SMILES string of the molecule is Cc1cc(C)c(C2C(=O)C=C(Cc3sccc3C)C2=O)c(C)c1. The van der Waals surface area contributed by atoms with Gasteiger partial charge in [0.2, 0.25) is 0 Å². The van der Waals surface area contributed by atoms with E-state index in [1.807, 2.05) is 51.3 Å². The van der Waals surface area contributed by atoms with E-state index in [2.05, 4.69) is 0 Å². The summed E-state index contributed by atoms with van der Waals surface area (Å²) < 4.78 is 0. The molecular formula is C20H20O2S. The molecule has 1 aromatic heterocycles. The van der Waals surface area contributed by atoms with E-state index in [0.717, 1.165) is 27.1 Å². The van der Waals surface area contributed by atoms with E-state index < -0.39 is 5.92 Å². The van der Waals surface area contributed by atoms with Crippen LogP contribution in [-0.2, 0) is 16.0 Å². The molecule has 0 bridgehead atoms. The first kappa shape index (κ1) is 15.9. The largest absolute Gasteiger partial charge is 0.294 e. The maximum Gasteiger partial charge on any atom is 0.174 e. The highest BCUT2D eigenvalue weighted by atomic mass is 32.1. The molecule has 3 rings (SSSR count). The normalized spacial score (nSPS) is 17.7. The molecule has 1 heterocycles. The second-order valence-electron chi connectivity index (χ2n) is 6.39. The minimum atomic E-state index is -0.647. The highest BCUT2D eigenvalue weighted by Crippen LogP contribution is 2.35. The number of benzene rings is 1. The van der Waals surface area contributed by atoms with Crippen molar-refractivity contribution in [1.82, 2.24) is 0 Å². The molecule has 23 heavy (non-hydrogen) atoms. The summed E-state index contributed by atoms with van der Waals surface area (Å²) >= 11 is 1.64. The van der Waals surface area contributed by atoms with Gasteiger partial charge in [0, 0.05) is 16.9 Å². The average molecular weight is 324 g/mol. The van der Waals surface area contributed by atoms with Gasteiger partial charge in [0.1, 0.15) is 5.92 Å². The number of ketones is 2. The molecule has 1 atom stereocenters. The van der Waals surface area contributed by atoms with Crippen LogP contribution in [0.2, 0.25) is 0 Å². The standard InChI is InChI=1S/C20H20O2S/c1-11-7-13(3)18(14(4)8-11)19-16(21)9-15(20(19)22)10-17-12(2)5-6-23-17/h5-9,19H,10H2,1-4H3. The van der Waals surface area contributed by atoms with Crippen LogP contribution < -0.4 is 0 Å². The van der Waals surface area contributed by atoms with Gasteiger partial charge in [-0.2, -0.15) is 0 Å². The molecule has 0 aliphatic heterocycles. The Kier molecular flexibility index (Phi) is 4.07. The van der Waals surface area contributed by atoms with Crippen molar-refractivity contribution in [1.29, 1.82) is 0 Å². The maximum absolute atomic E-state index is 12.9. The predicted octanol–water partition coefficient (Wildman–Crippen LogP) is 4.39. The van der Waals surface area contributed by atoms with Crippen LogP contribution >= 0.6 is 11.3 Å². The topological polar surface area (TPSA) is 34.1 Å². The van der Waals surface area contributed by atoms with Crippen molar-refractivity contribution < 1.29 is 9.59 Å². The summed E-state index contributed by atoms with van der Waals surface area (Å²) in [5.41, 5.74) is 5.92. The number of hydrogen-bond acceptors (Lipinski definition) is 3. The zero-order valence-electron chi connectivity index (χ0n) is 13.9. The van der Waals surface area contributed by atoms with Crippen LogP contribution in [0.15, 0.2) is 35.2 Å². The number of hydrogen-bond donors (Lipinski definition) is 0. The molecule has 2 nitrogen and oxygen atoms in total. The average Bonchev–Trinajstić information content (AvgIpc) is 2.97. The molecule has 2 aromatic rings. The van der Waals surface area contributed by atoms with Gasteiger partial charge in [-0.3, -0.25) is 9.59 Å². The van der Waals surface area contributed by atoms with Gasteiger partial charge < -0.3 is 0 Å². The fraction of sp³-hybridized carbons (Fsp3) is 0.300. The van der Waals surface area contributed by atoms with E-state index in [4.69, 9.17) is 0 Å². The Morgan fingerprint density at radius 2 is 1.65 bits per heavy atom. The summed E-state index contributed by atoms with van der Waals surface area (Å²) in [7, 11) is 0. The van der Waals surface area contributed by atoms with Crippen LogP contribution in [0, 0.1) is 27.7 Å². The summed E-state index contributed by atoms with van der Waals surface area (Å²) in [5.74, 6) is -0.752. The van der Waals surface area contributed by atoms with Crippen LogP contribution in [-0.4, -0.2) is 11.6 Å². The second-order valence-corrected chi connectivity index (χ2v) is 7.39. The van der Waals surface area contributed by atoms with Crippen LogP contribution in [0.4, 0.5) is 0 Å². The molecule has 0 radical (unpaired) electrons. The number of thiophene rings is 1. The Morgan fingerprint density at radius 3 is 2.22 bits per heavy atom. The highest BCUT2D eigenvalue weighted by Gasteiger charge is 2.37. The van der Waals surface area contributed by atoms with Crippen molar-refractivity contribution >= 4 is 22.9 Å². The van der Waals surface area contributed by atoms with Crippen molar-refractivity contribution in [3.63, 3.8) is 0 Å². The summed E-state index contributed by atoms with van der Waals surface area (Å²) in [6.45, 7) is 8.04. The number of aryl methyl sites for hydroxylation is 4. The second kappa shape index (κ2) is 5.89. The Balaban J connectivity index is 1.95. The van der Waals surface area contributed by atoms with Crippen LogP contribution in [0.5, 0.6) is 0 Å². The van der Waals surface area contributed by atoms with Crippen LogP contribution in [0.3, 0.4) is 0 Å². The zero-order valence-corrected chi connectivity index (χ0v) is 14.7. The van der Waals surface area contributed by atoms with E-state index in [-0.39, 0.29) is 11.6 Å². The van der Waals surface area contributed by atoms with Gasteiger partial charge in [0.15, 0.2) is 11.6 Å². The number of Topliss-reactive ketones (excluding diaryl/α,β-unsaturated/α-hetero) is 1. The van der Waals surface area contributed by atoms with Gasteiger partial charge in [-0.1, -0.05) is 17.7 Å². The van der Waals surface area contributed by atoms with Crippen molar-refractivity contribution in [2.24, 2.45) is 0 Å². The Morgan fingerprint density at radius 1 is 1.00 bits per heavy atom. The molecule has 1 unspecified atom stereocenters. The molecule has 0 spiro atoms. The fourth-order valence-corrected chi connectivity index (χ4v) is 4.39. The Labute approximate surface area is 140 Å². The molecule has 1 aliphatic rings. The smallest absolute Gasteiger partial charge is 0.174 e. The third-order valence-corrected chi connectivity index (χ3v) is 5.55. The molecular weight excluding hydrogens is 304 g/mol. The molecule has 0 fully saturated rings. The fourth-order valence-electron chi connectivity index (χ4n) is 3.46. The van der Waals surface area contributed by atoms with Crippen molar-refractivity contribution in [2.45, 2.75) is 40.0 Å². The summed E-state index contributed by atoms with van der Waals surface area (Å²) in [6, 6.07) is 6.14. The molecule has 0 N–H and O–H groups in total. The van der Waals surface area contributed by atoms with Crippen LogP contribution in [0.1, 0.15) is 38.6 Å². The molecule has 0 saturated carbocycles. The molecule has 0 saturated heterocycles. The van der Waals surface area contributed by atoms with Crippen molar-refractivity contribution in [3.8, 4) is 0 Å². The summed E-state index contributed by atoms with van der Waals surface area (Å²) in [4.78, 5) is 26.5. The van der Waals surface area contributed by atoms with E-state index >= 15 is 0 Å². The summed E-state index contributed by atoms with van der Waals surface area (Å²) in [5, 5.41) is 2.03. The van der Waals surface area contributed by atoms with E-state index in [9.17, 15) is 9.59 Å². The molecule has 1 aromatic carbocycles. The van der Waals surface area contributed by atoms with E-state index in [1.165, 1.54) is 5.56 Å². The Bertz CT molecular complexity index is 816. The lowest BCUT2D eigenvalue weighted by molar-refractivity contribution is -0.122. The molecule has 0 amide bonds. The van der Waals surface area contributed by atoms with Crippen molar-refractivity contribution in [2.75, 3.05) is 0 Å². The van der Waals surface area contributed by atoms with Crippen LogP contribution in [0.25, 0.3) is 0 Å². The number of carbonyl (C=O) groups is 2. The van der Waals surface area contributed by atoms with E-state index in [1.54, 1.807) is 17.4 Å². The minimum Gasteiger partial charge on any atom is -0.294 e. The Hall–Kier alpha value is -2.00. The first-order valence-corrected chi connectivity index (χ1v) is 8.65. The lowest BCUT2D eigenvalue weighted by Crippen LogP contribution is -2.18. The predicted molar refractivity (Wildman–Crippen MR) is 94.3 cm³/mol. The summed E-state index contributed by atoms with van der Waals surface area (Å²) in [6.07, 6.45) is 2.12. The highest BCUT2D eigenvalue weighted by molar-refractivity contribution is 7.10. The van der Waals surface area contributed by atoms with Gasteiger partial charge in [-0.15, -0.1) is 11.3 Å². The third kappa shape index (κ3) is 2.81. The first-order valence-electron chi connectivity index (χ1n) is 7.78.